The van der Waals surface area contributed by atoms with Gasteiger partial charge in [-0.15, -0.1) is 0 Å². The molecule has 0 spiro atoms. The van der Waals surface area contributed by atoms with E-state index in [1.807, 2.05) is 0 Å². The maximum absolute atomic E-state index is 13.8. The summed E-state index contributed by atoms with van der Waals surface area (Å²) in [7, 11) is 0. The fourth-order valence-electron chi connectivity index (χ4n) is 2.52. The second-order valence-corrected chi connectivity index (χ2v) is 4.99. The Balaban J connectivity index is 2.27. The molecule has 0 atom stereocenters. The summed E-state index contributed by atoms with van der Waals surface area (Å²) >= 11 is 0. The lowest BCUT2D eigenvalue weighted by Gasteiger charge is -2.34. The van der Waals surface area contributed by atoms with Gasteiger partial charge in [-0.2, -0.15) is 0 Å². The number of aliphatic carboxylic acids is 1. The second kappa shape index (κ2) is 5.44. The van der Waals surface area contributed by atoms with Gasteiger partial charge in [-0.3, -0.25) is 10.1 Å². The van der Waals surface area contributed by atoms with Crippen molar-refractivity contribution in [3.63, 3.8) is 0 Å². The third-order valence-electron chi connectivity index (χ3n) is 3.65. The lowest BCUT2D eigenvalue weighted by atomic mass is 9.81. The minimum atomic E-state index is -1.19. The van der Waals surface area contributed by atoms with E-state index in [9.17, 15) is 24.4 Å². The van der Waals surface area contributed by atoms with Crippen LogP contribution >= 0.6 is 0 Å². The summed E-state index contributed by atoms with van der Waals surface area (Å²) in [6, 6.07) is 3.16. The Labute approximate surface area is 114 Å². The zero-order valence-corrected chi connectivity index (χ0v) is 10.8. The van der Waals surface area contributed by atoms with Crippen molar-refractivity contribution in [3.8, 4) is 0 Å². The summed E-state index contributed by atoms with van der Waals surface area (Å²) < 4.78 is 13.8. The van der Waals surface area contributed by atoms with Gasteiger partial charge >= 0.3 is 5.97 Å². The van der Waals surface area contributed by atoms with E-state index in [-0.39, 0.29) is 11.4 Å². The van der Waals surface area contributed by atoms with E-state index < -0.39 is 22.2 Å². The van der Waals surface area contributed by atoms with Crippen LogP contribution in [-0.4, -0.2) is 21.5 Å². The Hall–Kier alpha value is -2.18. The molecule has 1 saturated carbocycles. The number of hydrogen-bond donors (Lipinski definition) is 2. The molecule has 0 aliphatic heterocycles. The van der Waals surface area contributed by atoms with Crippen LogP contribution in [0.5, 0.6) is 0 Å². The first-order chi connectivity index (χ1) is 9.44. The molecule has 0 saturated heterocycles. The Morgan fingerprint density at radius 1 is 1.35 bits per heavy atom. The van der Waals surface area contributed by atoms with Crippen LogP contribution in [0.4, 0.5) is 15.8 Å². The van der Waals surface area contributed by atoms with Gasteiger partial charge in [0.25, 0.3) is 5.69 Å². The van der Waals surface area contributed by atoms with Gasteiger partial charge in [0.05, 0.1) is 16.7 Å². The molecule has 1 fully saturated rings. The Kier molecular flexibility index (Phi) is 3.87. The number of nitrogens with one attached hydrogen (secondary N) is 1. The van der Waals surface area contributed by atoms with Gasteiger partial charge in [-0.25, -0.2) is 9.18 Å². The quantitative estimate of drug-likeness (QED) is 0.654. The van der Waals surface area contributed by atoms with E-state index in [4.69, 9.17) is 0 Å². The minimum absolute atomic E-state index is 0.0140. The fraction of sp³-hybridized carbons (Fsp3) is 0.462. The number of carboxylic acids is 1. The number of anilines is 1. The number of hydrogen-bond acceptors (Lipinski definition) is 4. The molecule has 0 radical (unpaired) electrons. The molecule has 2 N–H and O–H groups in total. The number of carboxylic acid groups (broad SMARTS) is 1. The predicted molar refractivity (Wildman–Crippen MR) is 70.1 cm³/mol. The van der Waals surface area contributed by atoms with Crippen molar-refractivity contribution in [2.75, 3.05) is 5.32 Å². The second-order valence-electron chi connectivity index (χ2n) is 4.99. The number of carbonyl (C=O) groups is 1. The van der Waals surface area contributed by atoms with Gasteiger partial charge in [0.1, 0.15) is 5.54 Å². The van der Waals surface area contributed by atoms with Crippen molar-refractivity contribution in [1.29, 1.82) is 0 Å². The van der Waals surface area contributed by atoms with Gasteiger partial charge in [0.2, 0.25) is 0 Å². The lowest BCUT2D eigenvalue weighted by molar-refractivity contribution is -0.385. The molecule has 7 heteroatoms. The van der Waals surface area contributed by atoms with Crippen molar-refractivity contribution in [2.24, 2.45) is 0 Å². The molecule has 0 bridgehead atoms. The third kappa shape index (κ3) is 2.71. The molecule has 6 nitrogen and oxygen atoms in total. The molecule has 0 unspecified atom stereocenters. The zero-order valence-electron chi connectivity index (χ0n) is 10.8. The van der Waals surface area contributed by atoms with Crippen molar-refractivity contribution in [2.45, 2.75) is 37.6 Å². The molecule has 2 rings (SSSR count). The number of nitrogens with zero attached hydrogens (tertiary/aromatic N) is 1. The summed E-state index contributed by atoms with van der Waals surface area (Å²) in [6.45, 7) is 0. The zero-order chi connectivity index (χ0) is 14.8. The lowest BCUT2D eigenvalue weighted by Crippen LogP contribution is -2.48. The van der Waals surface area contributed by atoms with Gasteiger partial charge in [-0.1, -0.05) is 19.3 Å². The van der Waals surface area contributed by atoms with Gasteiger partial charge in [-0.05, 0) is 18.9 Å². The van der Waals surface area contributed by atoms with Crippen LogP contribution < -0.4 is 5.32 Å². The molecule has 108 valence electrons. The van der Waals surface area contributed by atoms with E-state index in [0.717, 1.165) is 31.4 Å². The molecular weight excluding hydrogens is 267 g/mol. The maximum Gasteiger partial charge on any atom is 0.329 e. The minimum Gasteiger partial charge on any atom is -0.480 e. The highest BCUT2D eigenvalue weighted by molar-refractivity contribution is 5.83. The van der Waals surface area contributed by atoms with Crippen LogP contribution in [0, 0.1) is 15.9 Å². The molecule has 1 aliphatic rings. The number of rotatable bonds is 4. The van der Waals surface area contributed by atoms with Crippen LogP contribution in [0.2, 0.25) is 0 Å². The summed E-state index contributed by atoms with van der Waals surface area (Å²) in [6.07, 6.45) is 3.30. The standard InChI is InChI=1S/C13H15FN2O4/c14-10-8-9(16(19)20)4-5-11(10)15-13(12(17)18)6-2-1-3-7-13/h4-5,8,15H,1-3,6-7H2,(H,17,18). The molecule has 0 aromatic heterocycles. The monoisotopic (exact) mass is 282 g/mol. The highest BCUT2D eigenvalue weighted by Gasteiger charge is 2.40. The van der Waals surface area contributed by atoms with Crippen LogP contribution in [-0.2, 0) is 4.79 Å². The van der Waals surface area contributed by atoms with E-state index >= 15 is 0 Å². The normalized spacial score (nSPS) is 17.4. The van der Waals surface area contributed by atoms with Gasteiger partial charge in [0.15, 0.2) is 5.82 Å². The largest absolute Gasteiger partial charge is 0.480 e. The topological polar surface area (TPSA) is 92.5 Å². The highest BCUT2D eigenvalue weighted by Crippen LogP contribution is 2.33. The smallest absolute Gasteiger partial charge is 0.329 e. The number of nitro groups is 1. The SMILES string of the molecule is O=C(O)C1(Nc2ccc([N+](=O)[O-])cc2F)CCCCC1. The summed E-state index contributed by atoms with van der Waals surface area (Å²) in [5.74, 6) is -1.83. The number of benzene rings is 1. The Bertz CT molecular complexity index is 541. The van der Waals surface area contributed by atoms with Crippen LogP contribution in [0.3, 0.4) is 0 Å². The van der Waals surface area contributed by atoms with E-state index in [0.29, 0.717) is 12.8 Å². The van der Waals surface area contributed by atoms with Crippen LogP contribution in [0.15, 0.2) is 18.2 Å². The molecule has 0 amide bonds. The van der Waals surface area contributed by atoms with E-state index in [1.165, 1.54) is 6.07 Å². The van der Waals surface area contributed by atoms with Crippen molar-refractivity contribution in [3.05, 3.63) is 34.1 Å². The number of halogens is 1. The Morgan fingerprint density at radius 2 is 2.00 bits per heavy atom. The number of nitro benzene ring substituents is 1. The van der Waals surface area contributed by atoms with Crippen molar-refractivity contribution < 1.29 is 19.2 Å². The Morgan fingerprint density at radius 3 is 2.50 bits per heavy atom. The first kappa shape index (κ1) is 14.2. The first-order valence-electron chi connectivity index (χ1n) is 6.40. The maximum atomic E-state index is 13.8. The van der Waals surface area contributed by atoms with Crippen molar-refractivity contribution >= 4 is 17.3 Å². The number of non-ortho nitro benzene ring substituents is 1. The van der Waals surface area contributed by atoms with Crippen LogP contribution in [0.25, 0.3) is 0 Å². The molecule has 0 heterocycles. The summed E-state index contributed by atoms with van der Waals surface area (Å²) in [5.41, 5.74) is -1.56. The average Bonchev–Trinajstić information content (AvgIpc) is 2.41. The molecule has 20 heavy (non-hydrogen) atoms. The molecule has 1 aliphatic carbocycles. The van der Waals surface area contributed by atoms with Crippen LogP contribution in [0.1, 0.15) is 32.1 Å². The van der Waals surface area contributed by atoms with Crippen molar-refractivity contribution in [1.82, 2.24) is 0 Å². The van der Waals surface area contributed by atoms with Gasteiger partial charge in [0, 0.05) is 6.07 Å². The summed E-state index contributed by atoms with van der Waals surface area (Å²) in [4.78, 5) is 21.3. The summed E-state index contributed by atoms with van der Waals surface area (Å²) in [5, 5.41) is 22.7. The van der Waals surface area contributed by atoms with E-state index in [2.05, 4.69) is 5.32 Å². The molecular formula is C13H15FN2O4. The predicted octanol–water partition coefficient (Wildman–Crippen LogP) is 2.93. The van der Waals surface area contributed by atoms with Gasteiger partial charge < -0.3 is 10.4 Å². The highest BCUT2D eigenvalue weighted by atomic mass is 19.1. The third-order valence-corrected chi connectivity index (χ3v) is 3.65. The molecule has 1 aromatic carbocycles. The van der Waals surface area contributed by atoms with E-state index in [1.54, 1.807) is 0 Å². The first-order valence-corrected chi connectivity index (χ1v) is 6.40. The fourth-order valence-corrected chi connectivity index (χ4v) is 2.52. The molecule has 1 aromatic rings. The average molecular weight is 282 g/mol.